The van der Waals surface area contributed by atoms with Crippen molar-refractivity contribution in [2.45, 2.75) is 19.9 Å². The van der Waals surface area contributed by atoms with Crippen molar-refractivity contribution in [3.63, 3.8) is 0 Å². The van der Waals surface area contributed by atoms with Crippen molar-refractivity contribution in [1.82, 2.24) is 4.90 Å². The second-order valence-corrected chi connectivity index (χ2v) is 8.29. The summed E-state index contributed by atoms with van der Waals surface area (Å²) >= 11 is 0. The zero-order valence-electron chi connectivity index (χ0n) is 19.4. The van der Waals surface area contributed by atoms with Gasteiger partial charge in [-0.2, -0.15) is 0 Å². The van der Waals surface area contributed by atoms with Gasteiger partial charge in [0.2, 0.25) is 0 Å². The van der Waals surface area contributed by atoms with Gasteiger partial charge >= 0.3 is 0 Å². The van der Waals surface area contributed by atoms with Crippen molar-refractivity contribution in [3.8, 4) is 11.5 Å². The van der Waals surface area contributed by atoms with Crippen molar-refractivity contribution in [2.75, 3.05) is 20.3 Å². The lowest BCUT2D eigenvalue weighted by molar-refractivity contribution is -0.140. The monoisotopic (exact) mass is 457 g/mol. The van der Waals surface area contributed by atoms with Crippen LogP contribution in [-0.4, -0.2) is 42.0 Å². The molecule has 0 radical (unpaired) electrons. The number of hydrogen-bond acceptors (Lipinski definition) is 5. The summed E-state index contributed by atoms with van der Waals surface area (Å²) in [6.45, 7) is 4.24. The standard InChI is InChI=1S/C28H27NO5/c1-18-12-13-19(2)23(16-18)26(30)24-25(29(14-15-33-3)28(32)27(24)31)20-8-7-11-22(17-20)34-21-9-5-4-6-10-21/h4-13,16-17,25,30H,14-15H2,1-3H3/b26-24+. The number of benzene rings is 3. The maximum atomic E-state index is 13.2. The van der Waals surface area contributed by atoms with Gasteiger partial charge < -0.3 is 19.5 Å². The summed E-state index contributed by atoms with van der Waals surface area (Å²) in [6.07, 6.45) is 0. The van der Waals surface area contributed by atoms with E-state index in [4.69, 9.17) is 9.47 Å². The van der Waals surface area contributed by atoms with Gasteiger partial charge in [0.25, 0.3) is 11.7 Å². The molecular formula is C28H27NO5. The molecule has 4 rings (SSSR count). The van der Waals surface area contributed by atoms with Gasteiger partial charge in [0, 0.05) is 19.2 Å². The number of amides is 1. The van der Waals surface area contributed by atoms with Crippen LogP contribution in [0.4, 0.5) is 0 Å². The number of ketones is 1. The molecule has 3 aromatic carbocycles. The van der Waals surface area contributed by atoms with Crippen LogP contribution < -0.4 is 4.74 Å². The van der Waals surface area contributed by atoms with Crippen LogP contribution in [0.2, 0.25) is 0 Å². The third kappa shape index (κ3) is 4.58. The average molecular weight is 458 g/mol. The molecule has 0 bridgehead atoms. The van der Waals surface area contributed by atoms with Gasteiger partial charge in [-0.1, -0.05) is 48.0 Å². The number of hydrogen-bond donors (Lipinski definition) is 1. The fraction of sp³-hybridized carbons (Fsp3) is 0.214. The van der Waals surface area contributed by atoms with Gasteiger partial charge in [-0.25, -0.2) is 0 Å². The highest BCUT2D eigenvalue weighted by atomic mass is 16.5. The first-order valence-corrected chi connectivity index (χ1v) is 11.1. The summed E-state index contributed by atoms with van der Waals surface area (Å²) in [4.78, 5) is 27.6. The van der Waals surface area contributed by atoms with Gasteiger partial charge in [0.15, 0.2) is 0 Å². The van der Waals surface area contributed by atoms with Crippen LogP contribution in [-0.2, 0) is 14.3 Å². The number of para-hydroxylation sites is 1. The van der Waals surface area contributed by atoms with Crippen molar-refractivity contribution in [3.05, 3.63) is 101 Å². The van der Waals surface area contributed by atoms with E-state index in [0.717, 1.165) is 11.1 Å². The highest BCUT2D eigenvalue weighted by Gasteiger charge is 2.46. The van der Waals surface area contributed by atoms with Crippen LogP contribution in [0.25, 0.3) is 5.76 Å². The molecular weight excluding hydrogens is 430 g/mol. The molecule has 0 aliphatic carbocycles. The minimum atomic E-state index is -0.769. The fourth-order valence-electron chi connectivity index (χ4n) is 4.16. The second-order valence-electron chi connectivity index (χ2n) is 8.29. The smallest absolute Gasteiger partial charge is 0.295 e. The Morgan fingerprint density at radius 1 is 0.941 bits per heavy atom. The quantitative estimate of drug-likeness (QED) is 0.301. The third-order valence-corrected chi connectivity index (χ3v) is 5.88. The number of Topliss-reactive ketones (excluding diaryl/α,β-unsaturated/α-hetero) is 1. The van der Waals surface area contributed by atoms with E-state index in [9.17, 15) is 14.7 Å². The number of carbonyl (C=O) groups excluding carboxylic acids is 2. The van der Waals surface area contributed by atoms with E-state index in [1.165, 1.54) is 12.0 Å². The summed E-state index contributed by atoms with van der Waals surface area (Å²) < 4.78 is 11.2. The number of carbonyl (C=O) groups is 2. The molecule has 1 saturated heterocycles. The number of likely N-dealkylation sites (tertiary alicyclic amines) is 1. The van der Waals surface area contributed by atoms with Crippen LogP contribution in [0.5, 0.6) is 11.5 Å². The van der Waals surface area contributed by atoms with Crippen molar-refractivity contribution < 1.29 is 24.2 Å². The Balaban J connectivity index is 1.83. The first kappa shape index (κ1) is 23.3. The molecule has 6 heteroatoms. The predicted molar refractivity (Wildman–Crippen MR) is 130 cm³/mol. The normalized spacial score (nSPS) is 17.3. The van der Waals surface area contributed by atoms with Crippen LogP contribution in [0.3, 0.4) is 0 Å². The number of aryl methyl sites for hydroxylation is 2. The third-order valence-electron chi connectivity index (χ3n) is 5.88. The average Bonchev–Trinajstić information content (AvgIpc) is 3.09. The largest absolute Gasteiger partial charge is 0.507 e. The minimum absolute atomic E-state index is 0.0617. The minimum Gasteiger partial charge on any atom is -0.507 e. The molecule has 0 aromatic heterocycles. The topological polar surface area (TPSA) is 76.1 Å². The van der Waals surface area contributed by atoms with E-state index < -0.39 is 17.7 Å². The summed E-state index contributed by atoms with van der Waals surface area (Å²) in [5.74, 6) is -0.327. The number of aliphatic hydroxyl groups excluding tert-OH is 1. The molecule has 1 aliphatic rings. The first-order valence-electron chi connectivity index (χ1n) is 11.1. The Morgan fingerprint density at radius 2 is 1.68 bits per heavy atom. The number of nitrogens with zero attached hydrogens (tertiary/aromatic N) is 1. The summed E-state index contributed by atoms with van der Waals surface area (Å²) in [7, 11) is 1.54. The van der Waals surface area contributed by atoms with Crippen LogP contribution in [0, 0.1) is 13.8 Å². The molecule has 1 amide bonds. The molecule has 1 atom stereocenters. The Labute approximate surface area is 199 Å². The maximum Gasteiger partial charge on any atom is 0.295 e. The molecule has 1 heterocycles. The van der Waals surface area contributed by atoms with Gasteiger partial charge in [-0.05, 0) is 55.3 Å². The number of rotatable bonds is 7. The Bertz CT molecular complexity index is 1250. The molecule has 6 nitrogen and oxygen atoms in total. The molecule has 1 aliphatic heterocycles. The molecule has 34 heavy (non-hydrogen) atoms. The van der Waals surface area contributed by atoms with E-state index in [0.29, 0.717) is 22.6 Å². The Hall–Kier alpha value is -3.90. The van der Waals surface area contributed by atoms with Crippen LogP contribution in [0.15, 0.2) is 78.4 Å². The Morgan fingerprint density at radius 3 is 2.41 bits per heavy atom. The van der Waals surface area contributed by atoms with Gasteiger partial charge in [-0.15, -0.1) is 0 Å². The van der Waals surface area contributed by atoms with E-state index >= 15 is 0 Å². The molecule has 174 valence electrons. The maximum absolute atomic E-state index is 13.2. The van der Waals surface area contributed by atoms with Crippen molar-refractivity contribution in [1.29, 1.82) is 0 Å². The lowest BCUT2D eigenvalue weighted by Crippen LogP contribution is -2.32. The second kappa shape index (κ2) is 9.93. The van der Waals surface area contributed by atoms with Gasteiger partial charge in [-0.3, -0.25) is 9.59 Å². The molecule has 0 spiro atoms. The number of aliphatic hydroxyl groups is 1. The van der Waals surface area contributed by atoms with E-state index in [-0.39, 0.29) is 24.5 Å². The highest BCUT2D eigenvalue weighted by Crippen LogP contribution is 2.41. The van der Waals surface area contributed by atoms with Gasteiger partial charge in [0.05, 0.1) is 18.2 Å². The van der Waals surface area contributed by atoms with Crippen molar-refractivity contribution >= 4 is 17.4 Å². The fourth-order valence-corrected chi connectivity index (χ4v) is 4.16. The first-order chi connectivity index (χ1) is 16.4. The molecule has 1 fully saturated rings. The Kier molecular flexibility index (Phi) is 6.80. The lowest BCUT2D eigenvalue weighted by Gasteiger charge is -2.25. The van der Waals surface area contributed by atoms with E-state index in [1.54, 1.807) is 6.07 Å². The van der Waals surface area contributed by atoms with Crippen LogP contribution in [0.1, 0.15) is 28.3 Å². The molecule has 1 N–H and O–H groups in total. The zero-order valence-corrected chi connectivity index (χ0v) is 19.4. The molecule has 3 aromatic rings. The van der Waals surface area contributed by atoms with Crippen molar-refractivity contribution in [2.24, 2.45) is 0 Å². The molecule has 1 unspecified atom stereocenters. The van der Waals surface area contributed by atoms with E-state index in [2.05, 4.69) is 0 Å². The lowest BCUT2D eigenvalue weighted by atomic mass is 9.93. The van der Waals surface area contributed by atoms with Crippen LogP contribution >= 0.6 is 0 Å². The summed E-state index contributed by atoms with van der Waals surface area (Å²) in [5, 5.41) is 11.3. The highest BCUT2D eigenvalue weighted by molar-refractivity contribution is 6.46. The zero-order chi connectivity index (χ0) is 24.2. The van der Waals surface area contributed by atoms with Gasteiger partial charge in [0.1, 0.15) is 17.3 Å². The van der Waals surface area contributed by atoms with E-state index in [1.807, 2.05) is 80.6 Å². The number of ether oxygens (including phenoxy) is 2. The molecule has 0 saturated carbocycles. The number of methoxy groups -OCH3 is 1. The summed E-state index contributed by atoms with van der Waals surface area (Å²) in [6, 6.07) is 21.4. The summed E-state index contributed by atoms with van der Waals surface area (Å²) in [5.41, 5.74) is 3.01. The predicted octanol–water partition coefficient (Wildman–Crippen LogP) is 5.16. The SMILES string of the molecule is COCCN1C(=O)C(=O)/C(=C(/O)c2cc(C)ccc2C)C1c1cccc(Oc2ccccc2)c1.